The lowest BCUT2D eigenvalue weighted by Crippen LogP contribution is -1.95. The first-order valence-corrected chi connectivity index (χ1v) is 16.0. The Labute approximate surface area is 262 Å². The van der Waals surface area contributed by atoms with Crippen LogP contribution < -0.4 is 0 Å². The minimum atomic E-state index is 0.968. The van der Waals surface area contributed by atoms with Crippen molar-refractivity contribution >= 4 is 75.1 Å². The first-order valence-electron chi connectivity index (χ1n) is 15.2. The summed E-state index contributed by atoms with van der Waals surface area (Å²) in [5, 5.41) is 7.53. The fourth-order valence-electron chi connectivity index (χ4n) is 7.17. The number of aromatic nitrogens is 3. The van der Waals surface area contributed by atoms with Crippen LogP contribution in [0.15, 0.2) is 152 Å². The van der Waals surface area contributed by atoms with E-state index in [2.05, 4.69) is 155 Å². The van der Waals surface area contributed by atoms with Crippen LogP contribution in [0.1, 0.15) is 0 Å². The summed E-state index contributed by atoms with van der Waals surface area (Å²) in [6.07, 6.45) is 2.03. The van der Waals surface area contributed by atoms with Crippen molar-refractivity contribution in [2.24, 2.45) is 0 Å². The highest BCUT2D eigenvalue weighted by Crippen LogP contribution is 2.46. The molecule has 0 aliphatic rings. The van der Waals surface area contributed by atoms with Gasteiger partial charge in [-0.3, -0.25) is 4.98 Å². The van der Waals surface area contributed by atoms with Gasteiger partial charge < -0.3 is 9.13 Å². The monoisotopic (exact) mass is 591 g/mol. The molecule has 0 unspecified atom stereocenters. The third-order valence-electron chi connectivity index (χ3n) is 9.13. The molecule has 10 aromatic rings. The second-order valence-corrected chi connectivity index (χ2v) is 12.7. The second kappa shape index (κ2) is 9.39. The molecule has 0 amide bonds. The van der Waals surface area contributed by atoms with Gasteiger partial charge in [0.1, 0.15) is 0 Å². The molecule has 6 aromatic carbocycles. The zero-order valence-electron chi connectivity index (χ0n) is 24.2. The highest BCUT2D eigenvalue weighted by molar-refractivity contribution is 7.26. The van der Waals surface area contributed by atoms with Crippen LogP contribution in [0.25, 0.3) is 86.4 Å². The number of rotatable bonds is 3. The zero-order chi connectivity index (χ0) is 29.5. The molecule has 4 heteroatoms. The second-order valence-electron chi connectivity index (χ2n) is 11.6. The molecule has 0 aliphatic carbocycles. The number of pyridine rings is 1. The van der Waals surface area contributed by atoms with E-state index < -0.39 is 0 Å². The molecule has 0 spiro atoms. The van der Waals surface area contributed by atoms with Gasteiger partial charge in [0.15, 0.2) is 0 Å². The summed E-state index contributed by atoms with van der Waals surface area (Å²) >= 11 is 1.87. The van der Waals surface area contributed by atoms with Crippen LogP contribution in [0.5, 0.6) is 0 Å². The fraction of sp³-hybridized carbons (Fsp3) is 0. The first kappa shape index (κ1) is 24.7. The van der Waals surface area contributed by atoms with Crippen LogP contribution in [-0.2, 0) is 0 Å². The molecule has 4 heterocycles. The highest BCUT2D eigenvalue weighted by Gasteiger charge is 2.24. The molecule has 0 aliphatic heterocycles. The Bertz CT molecular complexity index is 2750. The summed E-state index contributed by atoms with van der Waals surface area (Å²) in [7, 11) is 0. The zero-order valence-corrected chi connectivity index (χ0v) is 25.0. The van der Waals surface area contributed by atoms with E-state index >= 15 is 0 Å². The number of nitrogens with zero attached hydrogens (tertiary/aromatic N) is 3. The Morgan fingerprint density at radius 1 is 0.467 bits per heavy atom. The van der Waals surface area contributed by atoms with Crippen molar-refractivity contribution in [3.05, 3.63) is 152 Å². The molecule has 4 aromatic heterocycles. The number of thiophene rings is 1. The average molecular weight is 592 g/mol. The molecule has 0 radical (unpaired) electrons. The molecule has 0 atom stereocenters. The van der Waals surface area contributed by atoms with Crippen molar-refractivity contribution in [1.29, 1.82) is 0 Å². The predicted octanol–water partition coefficient (Wildman–Crippen LogP) is 11.3. The number of para-hydroxylation sites is 2. The third-order valence-corrected chi connectivity index (χ3v) is 10.3. The van der Waals surface area contributed by atoms with Gasteiger partial charge in [-0.25, -0.2) is 0 Å². The number of benzene rings is 6. The lowest BCUT2D eigenvalue weighted by Gasteiger charge is -2.10. The van der Waals surface area contributed by atoms with Gasteiger partial charge in [0.05, 0.1) is 39.6 Å². The summed E-state index contributed by atoms with van der Waals surface area (Å²) < 4.78 is 7.51. The first-order chi connectivity index (χ1) is 22.3. The van der Waals surface area contributed by atoms with E-state index in [1.54, 1.807) is 0 Å². The summed E-state index contributed by atoms with van der Waals surface area (Å²) in [4.78, 5) is 5.03. The van der Waals surface area contributed by atoms with Crippen molar-refractivity contribution in [2.75, 3.05) is 0 Å². The maximum atomic E-state index is 5.03. The molecular weight excluding hydrogens is 567 g/mol. The number of hydrogen-bond donors (Lipinski definition) is 0. The van der Waals surface area contributed by atoms with E-state index in [1.807, 2.05) is 17.5 Å². The van der Waals surface area contributed by atoms with Crippen molar-refractivity contribution < 1.29 is 0 Å². The highest BCUT2D eigenvalue weighted by atomic mass is 32.1. The lowest BCUT2D eigenvalue weighted by molar-refractivity contribution is 1.14. The van der Waals surface area contributed by atoms with Gasteiger partial charge in [-0.1, -0.05) is 91.0 Å². The summed E-state index contributed by atoms with van der Waals surface area (Å²) in [6.45, 7) is 0. The van der Waals surface area contributed by atoms with Crippen LogP contribution >= 0.6 is 11.3 Å². The molecule has 0 saturated heterocycles. The summed E-state index contributed by atoms with van der Waals surface area (Å²) in [5.74, 6) is 0. The fourth-order valence-corrected chi connectivity index (χ4v) is 8.28. The molecule has 0 bridgehead atoms. The maximum Gasteiger partial charge on any atom is 0.0804 e. The smallest absolute Gasteiger partial charge is 0.0804 e. The molecule has 10 rings (SSSR count). The SMILES string of the molecule is c1ccc(-n2c3c(ccc4sc5ccccc5c43)c3c2c2ccccc2n3-c2ccc(-c3ccc4ccccc4c3)nc2)cc1. The summed E-state index contributed by atoms with van der Waals surface area (Å²) in [6, 6.07) is 52.4. The molecular formula is C41H25N3S. The van der Waals surface area contributed by atoms with E-state index in [1.165, 1.54) is 63.8 Å². The van der Waals surface area contributed by atoms with Gasteiger partial charge in [0.25, 0.3) is 0 Å². The molecule has 3 nitrogen and oxygen atoms in total. The Balaban J connectivity index is 1.30. The molecule has 0 fully saturated rings. The Hall–Kier alpha value is -5.71. The van der Waals surface area contributed by atoms with Gasteiger partial charge in [0.2, 0.25) is 0 Å². The van der Waals surface area contributed by atoms with E-state index in [9.17, 15) is 0 Å². The Kier molecular flexibility index (Phi) is 5.16. The van der Waals surface area contributed by atoms with Gasteiger partial charge >= 0.3 is 0 Å². The Morgan fingerprint density at radius 3 is 2.09 bits per heavy atom. The van der Waals surface area contributed by atoms with Crippen LogP contribution in [0.2, 0.25) is 0 Å². The normalized spacial score (nSPS) is 12.0. The average Bonchev–Trinajstić information content (AvgIpc) is 3.76. The number of hydrogen-bond acceptors (Lipinski definition) is 2. The van der Waals surface area contributed by atoms with Gasteiger partial charge in [-0.2, -0.15) is 0 Å². The van der Waals surface area contributed by atoms with Gasteiger partial charge in [0, 0.05) is 42.2 Å². The predicted molar refractivity (Wildman–Crippen MR) is 191 cm³/mol. The summed E-state index contributed by atoms with van der Waals surface area (Å²) in [5.41, 5.74) is 9.14. The van der Waals surface area contributed by atoms with E-state index in [4.69, 9.17) is 4.98 Å². The van der Waals surface area contributed by atoms with Crippen LogP contribution in [0.4, 0.5) is 0 Å². The van der Waals surface area contributed by atoms with Crippen LogP contribution in [0.3, 0.4) is 0 Å². The minimum Gasteiger partial charge on any atom is -0.306 e. The Morgan fingerprint density at radius 2 is 1.22 bits per heavy atom. The molecule has 210 valence electrons. The lowest BCUT2D eigenvalue weighted by atomic mass is 10.0. The van der Waals surface area contributed by atoms with Crippen molar-refractivity contribution in [3.8, 4) is 22.6 Å². The van der Waals surface area contributed by atoms with Crippen molar-refractivity contribution in [3.63, 3.8) is 0 Å². The van der Waals surface area contributed by atoms with E-state index in [0.717, 1.165) is 22.6 Å². The third kappa shape index (κ3) is 3.54. The molecule has 0 N–H and O–H groups in total. The van der Waals surface area contributed by atoms with Crippen molar-refractivity contribution in [2.45, 2.75) is 0 Å². The molecule has 45 heavy (non-hydrogen) atoms. The van der Waals surface area contributed by atoms with Crippen LogP contribution in [-0.4, -0.2) is 14.1 Å². The van der Waals surface area contributed by atoms with Gasteiger partial charge in [-0.15, -0.1) is 11.3 Å². The maximum absolute atomic E-state index is 5.03. The number of fused-ring (bicyclic) bond motifs is 10. The topological polar surface area (TPSA) is 22.8 Å². The standard InChI is InChI=1S/C41H25N3S/c1-2-12-29(13-3-1)44-39-33(21-23-37-38(39)32-15-7-9-17-36(32)45-37)41-40(44)31-14-6-8-16-35(31)43(41)30-20-22-34(42-25-30)28-19-18-26-10-4-5-11-27(26)24-28/h1-25H. The molecule has 0 saturated carbocycles. The van der Waals surface area contributed by atoms with Gasteiger partial charge in [-0.05, 0) is 65.4 Å². The largest absolute Gasteiger partial charge is 0.306 e. The van der Waals surface area contributed by atoms with Crippen molar-refractivity contribution in [1.82, 2.24) is 14.1 Å². The minimum absolute atomic E-state index is 0.968. The quantitative estimate of drug-likeness (QED) is 0.200. The van der Waals surface area contributed by atoms with E-state index in [0.29, 0.717) is 0 Å². The van der Waals surface area contributed by atoms with E-state index in [-0.39, 0.29) is 0 Å². The van der Waals surface area contributed by atoms with Crippen LogP contribution in [0, 0.1) is 0 Å².